The third kappa shape index (κ3) is 5.12. The number of rotatable bonds is 5. The van der Waals surface area contributed by atoms with Crippen LogP contribution in [0.4, 0.5) is 0 Å². The zero-order valence-electron chi connectivity index (χ0n) is 30.4. The number of hydrogen-bond donors (Lipinski definition) is 0. The molecule has 0 aliphatic carbocycles. The molecule has 0 unspecified atom stereocenters. The standard InChI is InChI=1S/C51H30N4OS/c1-3-12-31(13-4-1)49-52-50(32-14-5-2-6-15-32)54-51(53-49)34-22-25-39-47(29-34)57-46-21-11-18-36(48(39)46)33-23-26-44-40(28-33)41-30-35(24-27-45(41)56-44)55-42-19-9-7-16-37(42)38-17-8-10-20-43(38)55/h1-30H. The summed E-state index contributed by atoms with van der Waals surface area (Å²) >= 11 is 1.80. The molecule has 0 fully saturated rings. The molecule has 4 heterocycles. The summed E-state index contributed by atoms with van der Waals surface area (Å²) in [6, 6.07) is 63.9. The molecule has 0 N–H and O–H groups in total. The lowest BCUT2D eigenvalue weighted by molar-refractivity contribution is 0.669. The normalized spacial score (nSPS) is 11.9. The smallest absolute Gasteiger partial charge is 0.164 e. The average molecular weight is 747 g/mol. The molecule has 5 nitrogen and oxygen atoms in total. The van der Waals surface area contributed by atoms with Gasteiger partial charge >= 0.3 is 0 Å². The van der Waals surface area contributed by atoms with Gasteiger partial charge in [0, 0.05) is 64.1 Å². The van der Waals surface area contributed by atoms with Crippen LogP contribution in [-0.4, -0.2) is 19.5 Å². The summed E-state index contributed by atoms with van der Waals surface area (Å²) in [5.74, 6) is 1.96. The summed E-state index contributed by atoms with van der Waals surface area (Å²) < 4.78 is 11.2. The van der Waals surface area contributed by atoms with E-state index in [1.165, 1.54) is 47.5 Å². The Balaban J connectivity index is 0.989. The van der Waals surface area contributed by atoms with Crippen molar-refractivity contribution in [3.63, 3.8) is 0 Å². The highest BCUT2D eigenvalue weighted by molar-refractivity contribution is 7.26. The molecule has 6 heteroatoms. The maximum atomic E-state index is 6.44. The molecule has 0 spiro atoms. The number of nitrogens with zero attached hydrogens (tertiary/aromatic N) is 4. The molecule has 4 aromatic heterocycles. The molecule has 0 aliphatic heterocycles. The van der Waals surface area contributed by atoms with Gasteiger partial charge in [-0.1, -0.05) is 127 Å². The van der Waals surface area contributed by atoms with Crippen LogP contribution in [0.1, 0.15) is 0 Å². The van der Waals surface area contributed by atoms with E-state index in [0.29, 0.717) is 17.5 Å². The Labute approximate surface area is 330 Å². The zero-order chi connectivity index (χ0) is 37.5. The van der Waals surface area contributed by atoms with E-state index in [4.69, 9.17) is 19.4 Å². The second kappa shape index (κ2) is 12.6. The number of benzene rings is 8. The second-order valence-corrected chi connectivity index (χ2v) is 15.5. The van der Waals surface area contributed by atoms with Crippen molar-refractivity contribution in [2.45, 2.75) is 0 Å². The van der Waals surface area contributed by atoms with Crippen molar-refractivity contribution in [3.8, 4) is 51.0 Å². The van der Waals surface area contributed by atoms with Crippen LogP contribution in [0.15, 0.2) is 186 Å². The molecule has 12 rings (SSSR count). The summed E-state index contributed by atoms with van der Waals surface area (Å²) in [5.41, 5.74) is 10.5. The van der Waals surface area contributed by atoms with Crippen LogP contribution in [0, 0.1) is 0 Å². The van der Waals surface area contributed by atoms with Crippen molar-refractivity contribution < 1.29 is 4.42 Å². The molecule has 0 saturated carbocycles. The summed E-state index contributed by atoms with van der Waals surface area (Å²) in [4.78, 5) is 14.9. The molecule has 266 valence electrons. The second-order valence-electron chi connectivity index (χ2n) is 14.4. The Hall–Kier alpha value is -7.41. The van der Waals surface area contributed by atoms with E-state index in [2.05, 4.69) is 126 Å². The highest BCUT2D eigenvalue weighted by Crippen LogP contribution is 2.43. The van der Waals surface area contributed by atoms with E-state index in [-0.39, 0.29) is 0 Å². The molecule has 8 aromatic carbocycles. The molecule has 0 radical (unpaired) electrons. The predicted molar refractivity (Wildman–Crippen MR) is 236 cm³/mol. The van der Waals surface area contributed by atoms with Gasteiger partial charge in [-0.3, -0.25) is 0 Å². The fraction of sp³-hybridized carbons (Fsp3) is 0. The molecule has 12 aromatic rings. The van der Waals surface area contributed by atoms with Crippen molar-refractivity contribution in [1.29, 1.82) is 0 Å². The van der Waals surface area contributed by atoms with E-state index >= 15 is 0 Å². The number of hydrogen-bond acceptors (Lipinski definition) is 5. The molecule has 57 heavy (non-hydrogen) atoms. The van der Waals surface area contributed by atoms with Crippen molar-refractivity contribution in [1.82, 2.24) is 19.5 Å². The lowest BCUT2D eigenvalue weighted by atomic mass is 9.97. The Bertz CT molecular complexity index is 3420. The summed E-state index contributed by atoms with van der Waals surface area (Å²) in [6.45, 7) is 0. The Morgan fingerprint density at radius 3 is 1.65 bits per heavy atom. The minimum Gasteiger partial charge on any atom is -0.456 e. The van der Waals surface area contributed by atoms with Gasteiger partial charge in [0.1, 0.15) is 11.2 Å². The van der Waals surface area contributed by atoms with E-state index in [9.17, 15) is 0 Å². The van der Waals surface area contributed by atoms with Crippen LogP contribution in [0.25, 0.3) is 115 Å². The van der Waals surface area contributed by atoms with Crippen molar-refractivity contribution in [2.75, 3.05) is 0 Å². The van der Waals surface area contributed by atoms with Gasteiger partial charge in [-0.05, 0) is 65.7 Å². The SMILES string of the molecule is c1ccc(-c2nc(-c3ccccc3)nc(-c3ccc4c(c3)sc3cccc(-c5ccc6oc7ccc(-n8c9ccccc9c9ccccc98)cc7c6c5)c34)n2)cc1. The van der Waals surface area contributed by atoms with Crippen LogP contribution >= 0.6 is 11.3 Å². The largest absolute Gasteiger partial charge is 0.456 e. The third-order valence-corrected chi connectivity index (χ3v) is 12.2. The van der Waals surface area contributed by atoms with Crippen molar-refractivity contribution >= 4 is 75.3 Å². The molecule has 0 bridgehead atoms. The molecular weight excluding hydrogens is 717 g/mol. The van der Waals surface area contributed by atoms with Crippen LogP contribution < -0.4 is 0 Å². The first-order valence-corrected chi connectivity index (χ1v) is 19.8. The fourth-order valence-electron chi connectivity index (χ4n) is 8.42. The van der Waals surface area contributed by atoms with E-state index < -0.39 is 0 Å². The zero-order valence-corrected chi connectivity index (χ0v) is 31.2. The van der Waals surface area contributed by atoms with Gasteiger partial charge in [0.25, 0.3) is 0 Å². The van der Waals surface area contributed by atoms with Crippen molar-refractivity contribution in [3.05, 3.63) is 182 Å². The maximum Gasteiger partial charge on any atom is 0.164 e. The Kier molecular flexibility index (Phi) is 7.03. The highest BCUT2D eigenvalue weighted by Gasteiger charge is 2.18. The van der Waals surface area contributed by atoms with E-state index in [0.717, 1.165) is 49.9 Å². The van der Waals surface area contributed by atoms with Crippen LogP contribution in [0.3, 0.4) is 0 Å². The lowest BCUT2D eigenvalue weighted by Gasteiger charge is -2.09. The lowest BCUT2D eigenvalue weighted by Crippen LogP contribution is -1.99. The first kappa shape index (κ1) is 31.9. The summed E-state index contributed by atoms with van der Waals surface area (Å²) in [5, 5.41) is 7.15. The van der Waals surface area contributed by atoms with Crippen LogP contribution in [-0.2, 0) is 0 Å². The summed E-state index contributed by atoms with van der Waals surface area (Å²) in [6.07, 6.45) is 0. The Morgan fingerprint density at radius 2 is 0.965 bits per heavy atom. The topological polar surface area (TPSA) is 56.7 Å². The number of aromatic nitrogens is 4. The van der Waals surface area contributed by atoms with Gasteiger partial charge in [0.15, 0.2) is 17.5 Å². The van der Waals surface area contributed by atoms with Gasteiger partial charge in [0.2, 0.25) is 0 Å². The summed E-state index contributed by atoms with van der Waals surface area (Å²) in [7, 11) is 0. The average Bonchev–Trinajstić information content (AvgIpc) is 3.95. The maximum absolute atomic E-state index is 6.44. The van der Waals surface area contributed by atoms with Gasteiger partial charge in [0.05, 0.1) is 11.0 Å². The number of thiophene rings is 1. The quantitative estimate of drug-likeness (QED) is 0.176. The van der Waals surface area contributed by atoms with Crippen LogP contribution in [0.5, 0.6) is 0 Å². The minimum absolute atomic E-state index is 0.653. The first-order chi connectivity index (χ1) is 28.2. The number of fused-ring (bicyclic) bond motifs is 9. The van der Waals surface area contributed by atoms with Crippen LogP contribution in [0.2, 0.25) is 0 Å². The van der Waals surface area contributed by atoms with Gasteiger partial charge in [-0.15, -0.1) is 11.3 Å². The van der Waals surface area contributed by atoms with Gasteiger partial charge in [-0.25, -0.2) is 15.0 Å². The van der Waals surface area contributed by atoms with Gasteiger partial charge in [-0.2, -0.15) is 0 Å². The highest BCUT2D eigenvalue weighted by atomic mass is 32.1. The molecular formula is C51H30N4OS. The molecule has 0 amide bonds. The monoisotopic (exact) mass is 746 g/mol. The van der Waals surface area contributed by atoms with E-state index in [1.54, 1.807) is 11.3 Å². The van der Waals surface area contributed by atoms with E-state index in [1.807, 2.05) is 60.7 Å². The minimum atomic E-state index is 0.653. The Morgan fingerprint density at radius 1 is 0.386 bits per heavy atom. The fourth-order valence-corrected chi connectivity index (χ4v) is 9.59. The molecule has 0 aliphatic rings. The number of para-hydroxylation sites is 2. The number of furan rings is 1. The molecule has 0 atom stereocenters. The third-order valence-electron chi connectivity index (χ3n) is 11.1. The van der Waals surface area contributed by atoms with Crippen molar-refractivity contribution in [2.24, 2.45) is 0 Å². The molecule has 0 saturated heterocycles. The first-order valence-electron chi connectivity index (χ1n) is 19.0. The van der Waals surface area contributed by atoms with Gasteiger partial charge < -0.3 is 8.98 Å². The predicted octanol–water partition coefficient (Wildman–Crippen LogP) is 13.9.